The van der Waals surface area contributed by atoms with E-state index in [0.29, 0.717) is 11.3 Å². The highest BCUT2D eigenvalue weighted by Gasteiger charge is 2.31. The Hall–Kier alpha value is -3.83. The van der Waals surface area contributed by atoms with Gasteiger partial charge in [0.15, 0.2) is 12.3 Å². The first-order valence-electron chi connectivity index (χ1n) is 11.1. The fourth-order valence-corrected chi connectivity index (χ4v) is 5.64. The van der Waals surface area contributed by atoms with Crippen molar-refractivity contribution < 1.29 is 22.7 Å². The van der Waals surface area contributed by atoms with E-state index in [-0.39, 0.29) is 42.5 Å². The molecule has 0 radical (unpaired) electrons. The van der Waals surface area contributed by atoms with Crippen LogP contribution in [0.25, 0.3) is 16.4 Å². The minimum absolute atomic E-state index is 0.159. The normalized spacial score (nSPS) is 14.9. The Morgan fingerprint density at radius 2 is 1.74 bits per heavy atom. The van der Waals surface area contributed by atoms with Gasteiger partial charge in [-0.25, -0.2) is 22.7 Å². The monoisotopic (exact) mass is 493 g/mol. The molecule has 1 aliphatic heterocycles. The molecule has 0 atom stereocenters. The molecule has 0 unspecified atom stereocenters. The van der Waals surface area contributed by atoms with Crippen molar-refractivity contribution in [1.29, 1.82) is 0 Å². The number of esters is 1. The van der Waals surface area contributed by atoms with Crippen LogP contribution in [0.1, 0.15) is 16.1 Å². The smallest absolute Gasteiger partial charge is 0.344 e. The molecular weight excluding hydrogens is 470 g/mol. The Kier molecular flexibility index (Phi) is 5.95. The maximum Gasteiger partial charge on any atom is 0.344 e. The molecule has 180 valence electrons. The maximum atomic E-state index is 13.1. The van der Waals surface area contributed by atoms with Crippen LogP contribution in [0.3, 0.4) is 0 Å². The summed E-state index contributed by atoms with van der Waals surface area (Å²) < 4.78 is 34.4. The van der Waals surface area contributed by atoms with E-state index in [9.17, 15) is 18.0 Å². The van der Waals surface area contributed by atoms with E-state index in [2.05, 4.69) is 10.1 Å². The van der Waals surface area contributed by atoms with Crippen molar-refractivity contribution in [2.45, 2.75) is 11.8 Å². The standard InChI is InChI=1S/C24H23N5O5S/c1-17-22(23-25-9-4-10-29(23)26-17)24(31)34-16-21(30)27-11-13-28(14-12-27)35(32,33)20-8-7-18-5-2-3-6-19(18)15-20/h2-10,15H,11-14,16H2,1H3. The van der Waals surface area contributed by atoms with E-state index in [4.69, 9.17) is 4.74 Å². The number of rotatable bonds is 5. The molecule has 2 aromatic carbocycles. The van der Waals surface area contributed by atoms with Gasteiger partial charge in [-0.2, -0.15) is 9.40 Å². The number of aromatic nitrogens is 3. The number of benzene rings is 2. The van der Waals surface area contributed by atoms with Crippen LogP contribution in [-0.2, 0) is 19.6 Å². The third kappa shape index (κ3) is 4.35. The lowest BCUT2D eigenvalue weighted by molar-refractivity contribution is -0.135. The second-order valence-electron chi connectivity index (χ2n) is 8.22. The van der Waals surface area contributed by atoms with Gasteiger partial charge < -0.3 is 9.64 Å². The van der Waals surface area contributed by atoms with Crippen molar-refractivity contribution in [2.24, 2.45) is 0 Å². The van der Waals surface area contributed by atoms with Gasteiger partial charge in [-0.15, -0.1) is 0 Å². The predicted molar refractivity (Wildman–Crippen MR) is 127 cm³/mol. The quantitative estimate of drug-likeness (QED) is 0.390. The molecule has 0 N–H and O–H groups in total. The van der Waals surface area contributed by atoms with E-state index < -0.39 is 22.6 Å². The number of hydrogen-bond acceptors (Lipinski definition) is 7. The highest BCUT2D eigenvalue weighted by molar-refractivity contribution is 7.89. The number of aryl methyl sites for hydroxylation is 1. The van der Waals surface area contributed by atoms with E-state index in [1.165, 1.54) is 13.7 Å². The lowest BCUT2D eigenvalue weighted by Gasteiger charge is -2.33. The van der Waals surface area contributed by atoms with Crippen LogP contribution in [0.2, 0.25) is 0 Å². The summed E-state index contributed by atoms with van der Waals surface area (Å²) in [5.41, 5.74) is 1.02. The summed E-state index contributed by atoms with van der Waals surface area (Å²) >= 11 is 0. The van der Waals surface area contributed by atoms with Gasteiger partial charge in [-0.05, 0) is 35.9 Å². The fourth-order valence-electron chi connectivity index (χ4n) is 4.18. The first kappa shape index (κ1) is 22.9. The Morgan fingerprint density at radius 1 is 1.00 bits per heavy atom. The van der Waals surface area contributed by atoms with E-state index in [1.807, 2.05) is 24.3 Å². The number of nitrogens with zero attached hydrogens (tertiary/aromatic N) is 5. The number of ether oxygens (including phenoxy) is 1. The third-order valence-corrected chi connectivity index (χ3v) is 7.95. The molecule has 2 aromatic heterocycles. The van der Waals surface area contributed by atoms with Gasteiger partial charge in [0.1, 0.15) is 5.56 Å². The molecule has 1 amide bonds. The van der Waals surface area contributed by atoms with Crippen LogP contribution in [0.5, 0.6) is 0 Å². The molecule has 5 rings (SSSR count). The molecule has 1 fully saturated rings. The Bertz CT molecular complexity index is 1540. The van der Waals surface area contributed by atoms with E-state index >= 15 is 0 Å². The second-order valence-corrected chi connectivity index (χ2v) is 10.2. The van der Waals surface area contributed by atoms with Crippen LogP contribution >= 0.6 is 0 Å². The van der Waals surface area contributed by atoms with Gasteiger partial charge in [0.05, 0.1) is 10.6 Å². The van der Waals surface area contributed by atoms with Gasteiger partial charge in [-0.1, -0.05) is 30.3 Å². The molecular formula is C24H23N5O5S. The molecule has 1 aliphatic rings. The molecule has 10 nitrogen and oxygen atoms in total. The Balaban J connectivity index is 1.20. The number of hydrogen-bond donors (Lipinski definition) is 0. The molecule has 35 heavy (non-hydrogen) atoms. The van der Waals surface area contributed by atoms with Crippen LogP contribution in [-0.4, -0.2) is 76.9 Å². The first-order valence-corrected chi connectivity index (χ1v) is 12.5. The minimum atomic E-state index is -3.69. The van der Waals surface area contributed by atoms with Crippen molar-refractivity contribution in [1.82, 2.24) is 23.8 Å². The lowest BCUT2D eigenvalue weighted by Crippen LogP contribution is -2.51. The number of carbonyl (C=O) groups excluding carboxylic acids is 2. The number of piperazine rings is 1. The molecule has 4 aromatic rings. The zero-order valence-electron chi connectivity index (χ0n) is 19.0. The third-order valence-electron chi connectivity index (χ3n) is 6.05. The molecule has 3 heterocycles. The van der Waals surface area contributed by atoms with Gasteiger partial charge in [0, 0.05) is 38.6 Å². The number of carbonyl (C=O) groups is 2. The SMILES string of the molecule is Cc1nn2cccnc2c1C(=O)OCC(=O)N1CCN(S(=O)(=O)c2ccc3ccccc3c2)CC1. The lowest BCUT2D eigenvalue weighted by atomic mass is 10.1. The predicted octanol–water partition coefficient (Wildman–Crippen LogP) is 1.88. The van der Waals surface area contributed by atoms with Crippen LogP contribution in [0, 0.1) is 6.92 Å². The Morgan fingerprint density at radius 3 is 2.51 bits per heavy atom. The highest BCUT2D eigenvalue weighted by atomic mass is 32.2. The van der Waals surface area contributed by atoms with Crippen molar-refractivity contribution in [3.8, 4) is 0 Å². The number of amides is 1. The van der Waals surface area contributed by atoms with Crippen LogP contribution in [0.4, 0.5) is 0 Å². The maximum absolute atomic E-state index is 13.1. The molecule has 0 bridgehead atoms. The molecule has 0 aliphatic carbocycles. The molecule has 0 saturated carbocycles. The zero-order valence-corrected chi connectivity index (χ0v) is 19.8. The molecule has 0 spiro atoms. The zero-order chi connectivity index (χ0) is 24.6. The fraction of sp³-hybridized carbons (Fsp3) is 0.250. The van der Waals surface area contributed by atoms with Crippen LogP contribution in [0.15, 0.2) is 65.8 Å². The first-order chi connectivity index (χ1) is 16.8. The summed E-state index contributed by atoms with van der Waals surface area (Å²) in [5.74, 6) is -1.06. The van der Waals surface area contributed by atoms with E-state index in [1.54, 1.807) is 43.6 Å². The topological polar surface area (TPSA) is 114 Å². The average molecular weight is 494 g/mol. The van der Waals surface area contributed by atoms with Crippen molar-refractivity contribution in [3.05, 3.63) is 72.2 Å². The number of sulfonamides is 1. The van der Waals surface area contributed by atoms with Gasteiger partial charge >= 0.3 is 5.97 Å². The summed E-state index contributed by atoms with van der Waals surface area (Å²) in [6.45, 7) is 1.96. The molecule has 1 saturated heterocycles. The van der Waals surface area contributed by atoms with Gasteiger partial charge in [-0.3, -0.25) is 4.79 Å². The minimum Gasteiger partial charge on any atom is -0.452 e. The van der Waals surface area contributed by atoms with Crippen LogP contribution < -0.4 is 0 Å². The van der Waals surface area contributed by atoms with E-state index in [0.717, 1.165) is 10.8 Å². The highest BCUT2D eigenvalue weighted by Crippen LogP contribution is 2.23. The number of fused-ring (bicyclic) bond motifs is 2. The van der Waals surface area contributed by atoms with Crippen molar-refractivity contribution >= 4 is 38.3 Å². The van der Waals surface area contributed by atoms with Crippen molar-refractivity contribution in [3.63, 3.8) is 0 Å². The molecule has 11 heteroatoms. The van der Waals surface area contributed by atoms with Crippen molar-refractivity contribution in [2.75, 3.05) is 32.8 Å². The largest absolute Gasteiger partial charge is 0.452 e. The Labute approximate surface area is 201 Å². The average Bonchev–Trinajstić information content (AvgIpc) is 3.22. The summed E-state index contributed by atoms with van der Waals surface area (Å²) in [5, 5.41) is 6.03. The van der Waals surface area contributed by atoms with Gasteiger partial charge in [0.2, 0.25) is 10.0 Å². The summed E-state index contributed by atoms with van der Waals surface area (Å²) in [6, 6.07) is 14.3. The summed E-state index contributed by atoms with van der Waals surface area (Å²) in [6.07, 6.45) is 3.21. The summed E-state index contributed by atoms with van der Waals surface area (Å²) in [7, 11) is -3.69. The van der Waals surface area contributed by atoms with Gasteiger partial charge in [0.25, 0.3) is 5.91 Å². The summed E-state index contributed by atoms with van der Waals surface area (Å²) in [4.78, 5) is 31.1. The second kappa shape index (κ2) is 9.08.